The molecule has 0 aliphatic carbocycles. The molecule has 0 spiro atoms. The first-order chi connectivity index (χ1) is 10.5. The van der Waals surface area contributed by atoms with Gasteiger partial charge in [-0.05, 0) is 36.8 Å². The minimum Gasteiger partial charge on any atom is -0.314 e. The van der Waals surface area contributed by atoms with Crippen molar-refractivity contribution in [2.24, 2.45) is 0 Å². The van der Waals surface area contributed by atoms with Crippen molar-refractivity contribution in [2.45, 2.75) is 11.9 Å². The number of benzene rings is 1. The van der Waals surface area contributed by atoms with Crippen molar-refractivity contribution in [3.63, 3.8) is 0 Å². The van der Waals surface area contributed by atoms with Crippen LogP contribution < -0.4 is 5.32 Å². The van der Waals surface area contributed by atoms with Crippen molar-refractivity contribution in [3.8, 4) is 5.69 Å². The van der Waals surface area contributed by atoms with Gasteiger partial charge in [0.2, 0.25) is 0 Å². The van der Waals surface area contributed by atoms with Crippen LogP contribution in [0.25, 0.3) is 5.69 Å². The molecule has 0 bridgehead atoms. The standard InChI is InChI=1S/C14H17ClN4O2S/c1-11-10-12(15)2-3-13(11)19-14(4-5-17-19)22(20,21)18-8-6-16-7-9-18/h2-5,10,16H,6-9H2,1H3. The normalized spacial score (nSPS) is 16.8. The smallest absolute Gasteiger partial charge is 0.260 e. The Kier molecular flexibility index (Phi) is 4.22. The molecular formula is C14H17ClN4O2S. The monoisotopic (exact) mass is 340 g/mol. The number of nitrogens with one attached hydrogen (secondary N) is 1. The lowest BCUT2D eigenvalue weighted by atomic mass is 10.2. The van der Waals surface area contributed by atoms with Gasteiger partial charge < -0.3 is 5.32 Å². The fraction of sp³-hybridized carbons (Fsp3) is 0.357. The molecule has 1 aliphatic heterocycles. The third-order valence-corrected chi connectivity index (χ3v) is 5.79. The Bertz CT molecular complexity index is 782. The number of hydrogen-bond donors (Lipinski definition) is 1. The molecule has 1 aliphatic rings. The SMILES string of the molecule is Cc1cc(Cl)ccc1-n1nccc1S(=O)(=O)N1CCNCC1. The first kappa shape index (κ1) is 15.5. The van der Waals surface area contributed by atoms with Gasteiger partial charge in [-0.25, -0.2) is 13.1 Å². The van der Waals surface area contributed by atoms with Crippen LogP contribution in [-0.4, -0.2) is 48.7 Å². The summed E-state index contributed by atoms with van der Waals surface area (Å²) < 4.78 is 28.6. The van der Waals surface area contributed by atoms with E-state index in [-0.39, 0.29) is 5.03 Å². The minimum atomic E-state index is -3.56. The van der Waals surface area contributed by atoms with E-state index < -0.39 is 10.0 Å². The average molecular weight is 341 g/mol. The molecule has 2 heterocycles. The van der Waals surface area contributed by atoms with E-state index in [0.29, 0.717) is 36.9 Å². The molecule has 22 heavy (non-hydrogen) atoms. The summed E-state index contributed by atoms with van der Waals surface area (Å²) in [6.07, 6.45) is 1.50. The van der Waals surface area contributed by atoms with Crippen LogP contribution in [0.5, 0.6) is 0 Å². The molecule has 0 atom stereocenters. The van der Waals surface area contributed by atoms with Crippen LogP contribution in [0, 0.1) is 6.92 Å². The van der Waals surface area contributed by atoms with Crippen molar-refractivity contribution in [2.75, 3.05) is 26.2 Å². The Balaban J connectivity index is 2.05. The topological polar surface area (TPSA) is 67.2 Å². The average Bonchev–Trinajstić information content (AvgIpc) is 2.98. The number of aryl methyl sites for hydroxylation is 1. The molecule has 3 rings (SSSR count). The molecule has 0 radical (unpaired) electrons. The minimum absolute atomic E-state index is 0.180. The van der Waals surface area contributed by atoms with Crippen molar-refractivity contribution in [1.29, 1.82) is 0 Å². The van der Waals surface area contributed by atoms with Crippen LogP contribution in [-0.2, 0) is 10.0 Å². The molecule has 1 aromatic heterocycles. The summed E-state index contributed by atoms with van der Waals surface area (Å²) in [7, 11) is -3.56. The summed E-state index contributed by atoms with van der Waals surface area (Å²) in [5.74, 6) is 0. The molecule has 2 aromatic rings. The zero-order valence-electron chi connectivity index (χ0n) is 12.2. The lowest BCUT2D eigenvalue weighted by Crippen LogP contribution is -2.46. The van der Waals surface area contributed by atoms with Gasteiger partial charge in [-0.3, -0.25) is 0 Å². The fourth-order valence-corrected chi connectivity index (χ4v) is 4.29. The van der Waals surface area contributed by atoms with Crippen LogP contribution >= 0.6 is 11.6 Å². The number of hydrogen-bond acceptors (Lipinski definition) is 4. The molecule has 6 nitrogen and oxygen atoms in total. The summed E-state index contributed by atoms with van der Waals surface area (Å²) in [5, 5.41) is 8.13. The molecule has 0 unspecified atom stereocenters. The van der Waals surface area contributed by atoms with E-state index in [2.05, 4.69) is 10.4 Å². The van der Waals surface area contributed by atoms with Crippen molar-refractivity contribution < 1.29 is 8.42 Å². The molecule has 1 fully saturated rings. The van der Waals surface area contributed by atoms with Crippen LogP contribution in [0.1, 0.15) is 5.56 Å². The second kappa shape index (κ2) is 6.00. The molecule has 1 N–H and O–H groups in total. The van der Waals surface area contributed by atoms with Gasteiger partial charge in [0.1, 0.15) is 0 Å². The number of rotatable bonds is 3. The Morgan fingerprint density at radius 1 is 1.23 bits per heavy atom. The molecular weight excluding hydrogens is 324 g/mol. The molecule has 1 aromatic carbocycles. The van der Waals surface area contributed by atoms with Gasteiger partial charge in [0.05, 0.1) is 11.9 Å². The Morgan fingerprint density at radius 2 is 1.95 bits per heavy atom. The Morgan fingerprint density at radius 3 is 2.64 bits per heavy atom. The maximum atomic E-state index is 12.8. The highest BCUT2D eigenvalue weighted by Gasteiger charge is 2.29. The van der Waals surface area contributed by atoms with E-state index in [1.54, 1.807) is 18.2 Å². The van der Waals surface area contributed by atoms with Crippen LogP contribution in [0.2, 0.25) is 5.02 Å². The second-order valence-electron chi connectivity index (χ2n) is 5.17. The third kappa shape index (κ3) is 2.77. The largest absolute Gasteiger partial charge is 0.314 e. The van der Waals surface area contributed by atoms with Crippen molar-refractivity contribution in [1.82, 2.24) is 19.4 Å². The van der Waals surface area contributed by atoms with Gasteiger partial charge in [-0.1, -0.05) is 11.6 Å². The molecule has 118 valence electrons. The number of halogens is 1. The number of sulfonamides is 1. The van der Waals surface area contributed by atoms with E-state index in [1.165, 1.54) is 21.3 Å². The quantitative estimate of drug-likeness (QED) is 0.917. The van der Waals surface area contributed by atoms with Gasteiger partial charge in [-0.15, -0.1) is 0 Å². The number of nitrogens with zero attached hydrogens (tertiary/aromatic N) is 3. The summed E-state index contributed by atoms with van der Waals surface area (Å²) in [6.45, 7) is 4.13. The molecule has 0 saturated carbocycles. The third-order valence-electron chi connectivity index (χ3n) is 3.68. The summed E-state index contributed by atoms with van der Waals surface area (Å²) >= 11 is 5.97. The van der Waals surface area contributed by atoms with Crippen LogP contribution in [0.4, 0.5) is 0 Å². The van der Waals surface area contributed by atoms with Crippen molar-refractivity contribution >= 4 is 21.6 Å². The van der Waals surface area contributed by atoms with E-state index in [9.17, 15) is 8.42 Å². The summed E-state index contributed by atoms with van der Waals surface area (Å²) in [5.41, 5.74) is 1.58. The second-order valence-corrected chi connectivity index (χ2v) is 7.49. The highest BCUT2D eigenvalue weighted by atomic mass is 35.5. The number of aromatic nitrogens is 2. The zero-order valence-corrected chi connectivity index (χ0v) is 13.7. The molecule has 8 heteroatoms. The molecule has 0 amide bonds. The van der Waals surface area contributed by atoms with Gasteiger partial charge >= 0.3 is 0 Å². The lowest BCUT2D eigenvalue weighted by molar-refractivity contribution is 0.358. The highest BCUT2D eigenvalue weighted by Crippen LogP contribution is 2.23. The Labute approximate surface area is 134 Å². The van der Waals surface area contributed by atoms with Gasteiger partial charge in [0, 0.05) is 31.2 Å². The van der Waals surface area contributed by atoms with Gasteiger partial charge in [0.15, 0.2) is 5.03 Å². The van der Waals surface area contributed by atoms with Crippen molar-refractivity contribution in [3.05, 3.63) is 41.0 Å². The summed E-state index contributed by atoms with van der Waals surface area (Å²) in [6, 6.07) is 6.83. The maximum Gasteiger partial charge on any atom is 0.260 e. The Hall–Kier alpha value is -1.41. The van der Waals surface area contributed by atoms with E-state index >= 15 is 0 Å². The summed E-state index contributed by atoms with van der Waals surface area (Å²) in [4.78, 5) is 0. The predicted octanol–water partition coefficient (Wildman–Crippen LogP) is 1.43. The molecule has 1 saturated heterocycles. The van der Waals surface area contributed by atoms with Crippen LogP contribution in [0.15, 0.2) is 35.5 Å². The highest BCUT2D eigenvalue weighted by molar-refractivity contribution is 7.89. The maximum absolute atomic E-state index is 12.8. The first-order valence-electron chi connectivity index (χ1n) is 7.01. The predicted molar refractivity (Wildman–Crippen MR) is 84.9 cm³/mol. The zero-order chi connectivity index (χ0) is 15.7. The first-order valence-corrected chi connectivity index (χ1v) is 8.83. The lowest BCUT2D eigenvalue weighted by Gasteiger charge is -2.26. The van der Waals surface area contributed by atoms with E-state index in [1.807, 2.05) is 6.92 Å². The van der Waals surface area contributed by atoms with Gasteiger partial charge in [-0.2, -0.15) is 9.40 Å². The van der Waals surface area contributed by atoms with E-state index in [4.69, 9.17) is 11.6 Å². The van der Waals surface area contributed by atoms with Crippen LogP contribution in [0.3, 0.4) is 0 Å². The van der Waals surface area contributed by atoms with Gasteiger partial charge in [0.25, 0.3) is 10.0 Å². The fourth-order valence-electron chi connectivity index (χ4n) is 2.54. The van der Waals surface area contributed by atoms with E-state index in [0.717, 1.165) is 5.56 Å². The number of piperazine rings is 1.